The molecular weight excluding hydrogens is 306 g/mol. The third kappa shape index (κ3) is 8.82. The van der Waals surface area contributed by atoms with Crippen molar-refractivity contribution in [1.29, 1.82) is 0 Å². The van der Waals surface area contributed by atoms with Gasteiger partial charge in [0.1, 0.15) is 0 Å². The van der Waals surface area contributed by atoms with Crippen molar-refractivity contribution < 1.29 is 86.8 Å². The second-order valence-corrected chi connectivity index (χ2v) is 0. The first kappa shape index (κ1) is 16.0. The Morgan fingerprint density at radius 2 is 1.25 bits per heavy atom. The Morgan fingerprint density at radius 3 is 1.25 bits per heavy atom. The molecule has 0 radical (unpaired) electrons. The first-order valence-corrected chi connectivity index (χ1v) is 0.636. The van der Waals surface area contributed by atoms with Crippen molar-refractivity contribution in [2.75, 3.05) is 0 Å². The molecule has 0 rings (SSSR count). The summed E-state index contributed by atoms with van der Waals surface area (Å²) >= 11 is 1.69. The Labute approximate surface area is 85.0 Å². The average Bonchev–Trinajstić information content (AvgIpc) is 1.00. The van der Waals surface area contributed by atoms with E-state index in [1.54, 1.807) is 15.9 Å². The van der Waals surface area contributed by atoms with Gasteiger partial charge in [0.05, 0.1) is 0 Å². The van der Waals surface area contributed by atoms with Gasteiger partial charge in [-0.3, -0.25) is 0 Å². The maximum absolute atomic E-state index is 8.06. The molecule has 0 saturated heterocycles. The molecule has 0 aliphatic carbocycles. The van der Waals surface area contributed by atoms with Gasteiger partial charge in [-0.05, 0) is 0 Å². The molecule has 0 aromatic rings. The molecule has 0 amide bonds. The second kappa shape index (κ2) is 17.7. The van der Waals surface area contributed by atoms with Gasteiger partial charge in [0.2, 0.25) is 0 Å². The van der Waals surface area contributed by atoms with Crippen LogP contribution in [0.2, 0.25) is 0 Å². The van der Waals surface area contributed by atoms with Crippen molar-refractivity contribution in [3.05, 3.63) is 0 Å². The summed E-state index contributed by atoms with van der Waals surface area (Å²) in [6.07, 6.45) is 0. The van der Waals surface area contributed by atoms with Crippen LogP contribution in [0.3, 0.4) is 0 Å². The van der Waals surface area contributed by atoms with E-state index in [1.165, 1.54) is 0 Å². The monoisotopic (exact) mass is 303 g/mol. The van der Waals surface area contributed by atoms with Crippen molar-refractivity contribution in [3.63, 3.8) is 0 Å². The van der Waals surface area contributed by atoms with E-state index >= 15 is 0 Å². The molecule has 4 heavy (non-hydrogen) atoms. The normalized spacial score (nSPS) is 1.00. The zero-order valence-electron chi connectivity index (χ0n) is 1.79. The van der Waals surface area contributed by atoms with Gasteiger partial charge in [0.25, 0.3) is 0 Å². The van der Waals surface area contributed by atoms with Gasteiger partial charge in [-0.2, -0.15) is 0 Å². The molecular formula is MnNdOZr. The van der Waals surface area contributed by atoms with E-state index < -0.39 is 0 Å². The predicted molar refractivity (Wildman–Crippen MR) is 0.686 cm³/mol. The molecule has 0 spiro atoms. The second-order valence-electron chi connectivity index (χ2n) is 0. The minimum Gasteiger partial charge on any atom is 0 e. The number of rotatable bonds is 0. The predicted octanol–water partition coefficient (Wildman–Crippen LogP) is -0.124. The van der Waals surface area contributed by atoms with Gasteiger partial charge >= 0.3 is 19.8 Å². The smallest absolute Gasteiger partial charge is 0 e. The Balaban J connectivity index is -0.00000000500. The number of hydrogen-bond acceptors (Lipinski definition) is 1. The SMILES string of the molecule is [Nd].[O]=[Mn].[Zr]. The summed E-state index contributed by atoms with van der Waals surface area (Å²) in [5, 5.41) is 0. The van der Waals surface area contributed by atoms with Crippen molar-refractivity contribution in [1.82, 2.24) is 0 Å². The largest absolute Gasteiger partial charge is 0 e. The van der Waals surface area contributed by atoms with E-state index in [0.717, 1.165) is 0 Å². The fourth-order valence-corrected chi connectivity index (χ4v) is 0. The van der Waals surface area contributed by atoms with Crippen LogP contribution in [0.5, 0.6) is 0 Å². The molecule has 0 unspecified atom stereocenters. The van der Waals surface area contributed by atoms with Crippen LogP contribution in [0.4, 0.5) is 0 Å². The Bertz CT molecular complexity index is 8.00. The van der Waals surface area contributed by atoms with Crippen LogP contribution in [0.1, 0.15) is 0 Å². The van der Waals surface area contributed by atoms with Crippen LogP contribution in [-0.2, 0) is 46.0 Å². The molecule has 0 heterocycles. The van der Waals surface area contributed by atoms with E-state index in [4.69, 9.17) is 3.83 Å². The van der Waals surface area contributed by atoms with Crippen molar-refractivity contribution in [2.45, 2.75) is 0 Å². The van der Waals surface area contributed by atoms with E-state index in [0.29, 0.717) is 0 Å². The zero-order chi connectivity index (χ0) is 2.00. The standard InChI is InChI=1S/Mn.Nd.O.Zr. The van der Waals surface area contributed by atoms with Gasteiger partial charge in [0.15, 0.2) is 0 Å². The molecule has 0 aliphatic rings. The van der Waals surface area contributed by atoms with Crippen LogP contribution in [0, 0.1) is 40.8 Å². The van der Waals surface area contributed by atoms with Gasteiger partial charge in [-0.25, -0.2) is 0 Å². The quantitative estimate of drug-likeness (QED) is 0.570. The van der Waals surface area contributed by atoms with Crippen molar-refractivity contribution >= 4 is 0 Å². The molecule has 1 nitrogen and oxygen atoms in total. The Kier molecular flexibility index (Phi) is 70.7. The fraction of sp³-hybridized carbons (Fsp3) is 0. The van der Waals surface area contributed by atoms with Crippen LogP contribution in [0.25, 0.3) is 0 Å². The van der Waals surface area contributed by atoms with Gasteiger partial charge < -0.3 is 0 Å². The van der Waals surface area contributed by atoms with Crippen LogP contribution in [-0.4, -0.2) is 0 Å². The van der Waals surface area contributed by atoms with E-state index in [2.05, 4.69) is 0 Å². The van der Waals surface area contributed by atoms with Gasteiger partial charge in [0, 0.05) is 67.0 Å². The Morgan fingerprint density at radius 1 is 1.25 bits per heavy atom. The maximum atomic E-state index is 8.06. The molecule has 0 aromatic heterocycles. The molecule has 0 N–H and O–H groups in total. The minimum atomic E-state index is 0. The fourth-order valence-electron chi connectivity index (χ4n) is 0. The molecule has 0 fully saturated rings. The number of hydrogen-bond donors (Lipinski definition) is 0. The molecule has 0 bridgehead atoms. The summed E-state index contributed by atoms with van der Waals surface area (Å²) < 4.78 is 8.06. The zero-order valence-corrected chi connectivity index (χ0v) is 8.63. The first-order chi connectivity index (χ1) is 1.00. The van der Waals surface area contributed by atoms with E-state index in [9.17, 15) is 0 Å². The minimum absolute atomic E-state index is 0. The summed E-state index contributed by atoms with van der Waals surface area (Å²) in [7, 11) is 0. The van der Waals surface area contributed by atoms with Gasteiger partial charge in [-0.1, -0.05) is 0 Å². The summed E-state index contributed by atoms with van der Waals surface area (Å²) in [4.78, 5) is 0. The molecule has 0 saturated carbocycles. The molecule has 0 aliphatic heterocycles. The molecule has 4 heteroatoms. The third-order valence-electron chi connectivity index (χ3n) is 0. The van der Waals surface area contributed by atoms with Crippen molar-refractivity contribution in [2.24, 2.45) is 0 Å². The summed E-state index contributed by atoms with van der Waals surface area (Å²) in [6.45, 7) is 0. The summed E-state index contributed by atoms with van der Waals surface area (Å²) in [5.41, 5.74) is 0. The maximum Gasteiger partial charge on any atom is 0 e. The average molecular weight is 306 g/mol. The van der Waals surface area contributed by atoms with Crippen LogP contribution < -0.4 is 0 Å². The first-order valence-electron chi connectivity index (χ1n) is 0.154. The topological polar surface area (TPSA) is 17.1 Å². The van der Waals surface area contributed by atoms with Crippen molar-refractivity contribution in [3.8, 4) is 0 Å². The van der Waals surface area contributed by atoms with Gasteiger partial charge in [-0.15, -0.1) is 0 Å². The molecule has 0 atom stereocenters. The molecule has 21 valence electrons. The summed E-state index contributed by atoms with van der Waals surface area (Å²) in [6, 6.07) is 0. The Hall–Kier alpha value is 2.55. The van der Waals surface area contributed by atoms with Crippen LogP contribution in [0.15, 0.2) is 0 Å². The van der Waals surface area contributed by atoms with Crippen LogP contribution >= 0.6 is 0 Å². The van der Waals surface area contributed by atoms with E-state index in [-0.39, 0.29) is 67.0 Å². The third-order valence-corrected chi connectivity index (χ3v) is 0. The molecule has 0 aromatic carbocycles. The summed E-state index contributed by atoms with van der Waals surface area (Å²) in [5.74, 6) is 0. The van der Waals surface area contributed by atoms with E-state index in [1.807, 2.05) is 0 Å².